The number of H-pyrrole nitrogens is 1. The molecule has 0 aliphatic heterocycles. The van der Waals surface area contributed by atoms with Gasteiger partial charge in [0.1, 0.15) is 5.75 Å². The molecule has 1 aromatic carbocycles. The topological polar surface area (TPSA) is 60.9 Å². The lowest BCUT2D eigenvalue weighted by Crippen LogP contribution is -2.12. The standard InChI is InChI=1S/C11H13N3O/c15-11-4-2-1-3-10(11)8-12-5-9-6-13-14-7-9/h1-4,6-7,12,15H,5,8H2,(H,13,14). The third-order valence-corrected chi connectivity index (χ3v) is 2.19. The zero-order valence-electron chi connectivity index (χ0n) is 8.27. The van der Waals surface area contributed by atoms with E-state index in [1.807, 2.05) is 24.4 Å². The summed E-state index contributed by atoms with van der Waals surface area (Å²) in [5, 5.41) is 19.3. The Hall–Kier alpha value is -1.81. The molecule has 1 heterocycles. The number of aromatic hydroxyl groups is 1. The van der Waals surface area contributed by atoms with Crippen LogP contribution in [-0.4, -0.2) is 15.3 Å². The molecule has 2 rings (SSSR count). The van der Waals surface area contributed by atoms with Crippen molar-refractivity contribution in [2.45, 2.75) is 13.1 Å². The fraction of sp³-hybridized carbons (Fsp3) is 0.182. The third kappa shape index (κ3) is 2.57. The minimum Gasteiger partial charge on any atom is -0.508 e. The summed E-state index contributed by atoms with van der Waals surface area (Å²) in [5.41, 5.74) is 2.01. The molecule has 0 atom stereocenters. The first-order valence-electron chi connectivity index (χ1n) is 4.81. The number of phenols is 1. The molecule has 0 amide bonds. The number of aromatic nitrogens is 2. The van der Waals surface area contributed by atoms with Crippen LogP contribution in [0, 0.1) is 0 Å². The van der Waals surface area contributed by atoms with Crippen LogP contribution in [0.4, 0.5) is 0 Å². The van der Waals surface area contributed by atoms with Gasteiger partial charge in [-0.15, -0.1) is 0 Å². The van der Waals surface area contributed by atoms with E-state index in [-0.39, 0.29) is 0 Å². The molecule has 2 aromatic rings. The molecule has 0 fully saturated rings. The number of nitrogens with one attached hydrogen (secondary N) is 2. The lowest BCUT2D eigenvalue weighted by molar-refractivity contribution is 0.464. The van der Waals surface area contributed by atoms with Crippen molar-refractivity contribution in [1.29, 1.82) is 0 Å². The van der Waals surface area contributed by atoms with Crippen molar-refractivity contribution in [3.63, 3.8) is 0 Å². The normalized spacial score (nSPS) is 10.4. The molecule has 78 valence electrons. The number of benzene rings is 1. The van der Waals surface area contributed by atoms with Crippen molar-refractivity contribution in [3.05, 3.63) is 47.8 Å². The summed E-state index contributed by atoms with van der Waals surface area (Å²) in [7, 11) is 0. The number of hydrogen-bond acceptors (Lipinski definition) is 3. The molecule has 0 aliphatic carbocycles. The number of phenolic OH excluding ortho intramolecular Hbond substituents is 1. The molecule has 4 heteroatoms. The smallest absolute Gasteiger partial charge is 0.120 e. The van der Waals surface area contributed by atoms with Gasteiger partial charge in [-0.05, 0) is 6.07 Å². The van der Waals surface area contributed by atoms with E-state index in [0.29, 0.717) is 12.3 Å². The van der Waals surface area contributed by atoms with Gasteiger partial charge in [0.2, 0.25) is 0 Å². The van der Waals surface area contributed by atoms with E-state index in [2.05, 4.69) is 15.5 Å². The molecule has 0 radical (unpaired) electrons. The maximum absolute atomic E-state index is 9.51. The lowest BCUT2D eigenvalue weighted by Gasteiger charge is -2.04. The zero-order valence-corrected chi connectivity index (χ0v) is 8.27. The number of rotatable bonds is 4. The summed E-state index contributed by atoms with van der Waals surface area (Å²) in [4.78, 5) is 0. The van der Waals surface area contributed by atoms with Crippen molar-refractivity contribution < 1.29 is 5.11 Å². The van der Waals surface area contributed by atoms with Gasteiger partial charge in [-0.2, -0.15) is 5.10 Å². The maximum atomic E-state index is 9.51. The van der Waals surface area contributed by atoms with Crippen molar-refractivity contribution >= 4 is 0 Å². The summed E-state index contributed by atoms with van der Waals surface area (Å²) in [5.74, 6) is 0.331. The van der Waals surface area contributed by atoms with Gasteiger partial charge >= 0.3 is 0 Å². The third-order valence-electron chi connectivity index (χ3n) is 2.19. The average molecular weight is 203 g/mol. The van der Waals surface area contributed by atoms with Gasteiger partial charge in [-0.1, -0.05) is 18.2 Å². The van der Waals surface area contributed by atoms with Gasteiger partial charge in [0, 0.05) is 30.4 Å². The maximum Gasteiger partial charge on any atom is 0.120 e. The summed E-state index contributed by atoms with van der Waals surface area (Å²) in [6, 6.07) is 7.32. The molecule has 0 unspecified atom stereocenters. The van der Waals surface area contributed by atoms with Crippen LogP contribution in [0.25, 0.3) is 0 Å². The van der Waals surface area contributed by atoms with Crippen molar-refractivity contribution in [2.75, 3.05) is 0 Å². The van der Waals surface area contributed by atoms with Crippen LogP contribution in [0.15, 0.2) is 36.7 Å². The molecule has 1 aromatic heterocycles. The Bertz CT molecular complexity index is 412. The molecule has 0 spiro atoms. The number of nitrogens with zero attached hydrogens (tertiary/aromatic N) is 1. The van der Waals surface area contributed by atoms with Gasteiger partial charge in [0.25, 0.3) is 0 Å². The van der Waals surface area contributed by atoms with E-state index in [0.717, 1.165) is 17.7 Å². The Morgan fingerprint density at radius 3 is 2.87 bits per heavy atom. The van der Waals surface area contributed by atoms with Crippen LogP contribution < -0.4 is 5.32 Å². The second kappa shape index (κ2) is 4.61. The Labute approximate surface area is 88.0 Å². The Balaban J connectivity index is 1.86. The quantitative estimate of drug-likeness (QED) is 0.704. The Morgan fingerprint density at radius 1 is 1.27 bits per heavy atom. The Kier molecular flexibility index (Phi) is 2.99. The highest BCUT2D eigenvalue weighted by Gasteiger charge is 1.99. The molecule has 0 saturated carbocycles. The van der Waals surface area contributed by atoms with Crippen LogP contribution in [0.2, 0.25) is 0 Å². The number of aromatic amines is 1. The van der Waals surface area contributed by atoms with Gasteiger partial charge < -0.3 is 10.4 Å². The van der Waals surface area contributed by atoms with Gasteiger partial charge in [0.05, 0.1) is 6.20 Å². The highest BCUT2D eigenvalue weighted by Crippen LogP contribution is 2.14. The molecular weight excluding hydrogens is 190 g/mol. The van der Waals surface area contributed by atoms with E-state index < -0.39 is 0 Å². The second-order valence-corrected chi connectivity index (χ2v) is 3.34. The van der Waals surface area contributed by atoms with Crippen LogP contribution in [0.5, 0.6) is 5.75 Å². The second-order valence-electron chi connectivity index (χ2n) is 3.34. The molecular formula is C11H13N3O. The van der Waals surface area contributed by atoms with Gasteiger partial charge in [0.15, 0.2) is 0 Å². The van der Waals surface area contributed by atoms with Gasteiger partial charge in [-0.3, -0.25) is 5.10 Å². The highest BCUT2D eigenvalue weighted by atomic mass is 16.3. The Morgan fingerprint density at radius 2 is 2.13 bits per heavy atom. The lowest BCUT2D eigenvalue weighted by atomic mass is 10.2. The molecule has 3 N–H and O–H groups in total. The summed E-state index contributed by atoms with van der Waals surface area (Å²) in [6.45, 7) is 1.39. The number of para-hydroxylation sites is 1. The van der Waals surface area contributed by atoms with Gasteiger partial charge in [-0.25, -0.2) is 0 Å². The molecule has 0 bridgehead atoms. The average Bonchev–Trinajstić information content (AvgIpc) is 2.74. The molecule has 15 heavy (non-hydrogen) atoms. The van der Waals surface area contributed by atoms with Crippen LogP contribution >= 0.6 is 0 Å². The van der Waals surface area contributed by atoms with E-state index in [4.69, 9.17) is 0 Å². The van der Waals surface area contributed by atoms with E-state index in [1.165, 1.54) is 0 Å². The molecule has 0 aliphatic rings. The highest BCUT2D eigenvalue weighted by molar-refractivity contribution is 5.31. The molecule has 0 saturated heterocycles. The number of hydrogen-bond donors (Lipinski definition) is 3. The molecule has 4 nitrogen and oxygen atoms in total. The van der Waals surface area contributed by atoms with E-state index in [9.17, 15) is 5.11 Å². The van der Waals surface area contributed by atoms with Crippen LogP contribution in [-0.2, 0) is 13.1 Å². The fourth-order valence-electron chi connectivity index (χ4n) is 1.38. The summed E-state index contributed by atoms with van der Waals surface area (Å²) >= 11 is 0. The summed E-state index contributed by atoms with van der Waals surface area (Å²) in [6.07, 6.45) is 3.62. The minimum absolute atomic E-state index is 0.331. The van der Waals surface area contributed by atoms with Crippen molar-refractivity contribution in [1.82, 2.24) is 15.5 Å². The van der Waals surface area contributed by atoms with Crippen LogP contribution in [0.3, 0.4) is 0 Å². The predicted octanol–water partition coefficient (Wildman–Crippen LogP) is 1.41. The fourth-order valence-corrected chi connectivity index (χ4v) is 1.38. The van der Waals surface area contributed by atoms with Crippen LogP contribution in [0.1, 0.15) is 11.1 Å². The first kappa shape index (κ1) is 9.73. The van der Waals surface area contributed by atoms with Crippen molar-refractivity contribution in [2.24, 2.45) is 0 Å². The zero-order chi connectivity index (χ0) is 10.5. The monoisotopic (exact) mass is 203 g/mol. The minimum atomic E-state index is 0.331. The largest absolute Gasteiger partial charge is 0.508 e. The SMILES string of the molecule is Oc1ccccc1CNCc1cn[nH]c1. The first-order valence-corrected chi connectivity index (χ1v) is 4.81. The summed E-state index contributed by atoms with van der Waals surface area (Å²) < 4.78 is 0. The van der Waals surface area contributed by atoms with E-state index in [1.54, 1.807) is 12.3 Å². The van der Waals surface area contributed by atoms with E-state index >= 15 is 0 Å². The predicted molar refractivity (Wildman–Crippen MR) is 57.2 cm³/mol. The van der Waals surface area contributed by atoms with Crippen molar-refractivity contribution in [3.8, 4) is 5.75 Å². The first-order chi connectivity index (χ1) is 7.36.